The van der Waals surface area contributed by atoms with E-state index < -0.39 is 10.0 Å². The van der Waals surface area contributed by atoms with Crippen molar-refractivity contribution in [1.29, 1.82) is 0 Å². The fourth-order valence-corrected chi connectivity index (χ4v) is 5.58. The molecule has 1 aliphatic carbocycles. The summed E-state index contributed by atoms with van der Waals surface area (Å²) in [5, 5.41) is 0. The molecule has 8 heteroatoms. The fourth-order valence-electron chi connectivity index (χ4n) is 4.76. The third kappa shape index (κ3) is 5.43. The Labute approximate surface area is 163 Å². The molecule has 0 aromatic heterocycles. The zero-order valence-corrected chi connectivity index (χ0v) is 17.4. The Morgan fingerprint density at radius 3 is 2.59 bits per heavy atom. The molecular weight excluding hydrogens is 368 g/mol. The van der Waals surface area contributed by atoms with Crippen molar-refractivity contribution in [2.24, 2.45) is 5.92 Å². The van der Waals surface area contributed by atoms with Crippen LogP contribution in [0.25, 0.3) is 0 Å². The molecule has 1 N–H and O–H groups in total. The fraction of sp³-hybridized carbons (Fsp3) is 0.947. The SMILES string of the molecule is CCCO[C@H]1C[C@@H](C(=O)N2CCC3(CCCO3)CC2)CC[C@@H]1NS(C)(=O)=O. The van der Waals surface area contributed by atoms with E-state index in [0.717, 1.165) is 51.8 Å². The molecule has 1 spiro atoms. The van der Waals surface area contributed by atoms with Gasteiger partial charge >= 0.3 is 0 Å². The molecule has 0 radical (unpaired) electrons. The highest BCUT2D eigenvalue weighted by atomic mass is 32.2. The van der Waals surface area contributed by atoms with Crippen LogP contribution in [0.2, 0.25) is 0 Å². The molecule has 7 nitrogen and oxygen atoms in total. The number of piperidine rings is 1. The van der Waals surface area contributed by atoms with Crippen LogP contribution in [0, 0.1) is 5.92 Å². The highest BCUT2D eigenvalue weighted by molar-refractivity contribution is 7.88. The van der Waals surface area contributed by atoms with Crippen molar-refractivity contribution in [1.82, 2.24) is 9.62 Å². The monoisotopic (exact) mass is 402 g/mol. The van der Waals surface area contributed by atoms with E-state index in [2.05, 4.69) is 4.72 Å². The van der Waals surface area contributed by atoms with Gasteiger partial charge in [0.25, 0.3) is 0 Å². The quantitative estimate of drug-likeness (QED) is 0.731. The first kappa shape index (κ1) is 21.0. The van der Waals surface area contributed by atoms with Gasteiger partial charge < -0.3 is 14.4 Å². The van der Waals surface area contributed by atoms with Crippen LogP contribution in [0.1, 0.15) is 58.3 Å². The minimum Gasteiger partial charge on any atom is -0.377 e. The first-order chi connectivity index (χ1) is 12.8. The molecule has 3 fully saturated rings. The summed E-state index contributed by atoms with van der Waals surface area (Å²) >= 11 is 0. The van der Waals surface area contributed by atoms with Crippen LogP contribution < -0.4 is 4.72 Å². The third-order valence-corrected chi connectivity index (χ3v) is 6.94. The lowest BCUT2D eigenvalue weighted by molar-refractivity contribution is -0.143. The van der Waals surface area contributed by atoms with Crippen LogP contribution in [0.4, 0.5) is 0 Å². The molecular formula is C19H34N2O5S. The number of ether oxygens (including phenoxy) is 2. The van der Waals surface area contributed by atoms with Gasteiger partial charge in [-0.15, -0.1) is 0 Å². The van der Waals surface area contributed by atoms with Gasteiger partial charge in [-0.1, -0.05) is 6.92 Å². The molecule has 0 aromatic carbocycles. The predicted octanol–water partition coefficient (Wildman–Crippen LogP) is 1.67. The molecule has 2 saturated heterocycles. The van der Waals surface area contributed by atoms with Gasteiger partial charge in [0.2, 0.25) is 15.9 Å². The number of likely N-dealkylation sites (tertiary alicyclic amines) is 1. The number of sulfonamides is 1. The van der Waals surface area contributed by atoms with Crippen molar-refractivity contribution < 1.29 is 22.7 Å². The number of amides is 1. The number of rotatable bonds is 6. The molecule has 2 heterocycles. The third-order valence-electron chi connectivity index (χ3n) is 6.21. The van der Waals surface area contributed by atoms with Gasteiger partial charge in [-0.3, -0.25) is 4.79 Å². The maximum absolute atomic E-state index is 13.1. The molecule has 3 rings (SSSR count). The van der Waals surface area contributed by atoms with Crippen molar-refractivity contribution in [2.75, 3.05) is 32.6 Å². The molecule has 3 aliphatic rings. The second kappa shape index (κ2) is 8.76. The van der Waals surface area contributed by atoms with E-state index in [9.17, 15) is 13.2 Å². The Morgan fingerprint density at radius 1 is 1.26 bits per heavy atom. The first-order valence-corrected chi connectivity index (χ1v) is 12.2. The molecule has 0 aromatic rings. The van der Waals surface area contributed by atoms with Crippen LogP contribution in [0.15, 0.2) is 0 Å². The van der Waals surface area contributed by atoms with Crippen molar-refractivity contribution in [3.8, 4) is 0 Å². The Morgan fingerprint density at radius 2 is 2.00 bits per heavy atom. The molecule has 1 amide bonds. The summed E-state index contributed by atoms with van der Waals surface area (Å²) in [6.07, 6.45) is 7.84. The lowest BCUT2D eigenvalue weighted by atomic mass is 9.82. The lowest BCUT2D eigenvalue weighted by Crippen LogP contribution is -2.52. The van der Waals surface area contributed by atoms with Gasteiger partial charge in [0.15, 0.2) is 0 Å². The van der Waals surface area contributed by atoms with Crippen molar-refractivity contribution in [3.05, 3.63) is 0 Å². The summed E-state index contributed by atoms with van der Waals surface area (Å²) in [6.45, 7) is 4.99. The Hall–Kier alpha value is -0.700. The van der Waals surface area contributed by atoms with Gasteiger partial charge in [0.05, 0.1) is 18.0 Å². The predicted molar refractivity (Wildman–Crippen MR) is 103 cm³/mol. The molecule has 27 heavy (non-hydrogen) atoms. The average Bonchev–Trinajstić information content (AvgIpc) is 3.08. The van der Waals surface area contributed by atoms with Crippen LogP contribution in [0.5, 0.6) is 0 Å². The first-order valence-electron chi connectivity index (χ1n) is 10.3. The van der Waals surface area contributed by atoms with Gasteiger partial charge in [-0.2, -0.15) is 0 Å². The molecule has 3 atom stereocenters. The van der Waals surface area contributed by atoms with Crippen LogP contribution in [0.3, 0.4) is 0 Å². The average molecular weight is 403 g/mol. The number of nitrogens with one attached hydrogen (secondary N) is 1. The maximum Gasteiger partial charge on any atom is 0.225 e. The number of carbonyl (C=O) groups is 1. The lowest BCUT2D eigenvalue weighted by Gasteiger charge is -2.42. The molecule has 156 valence electrons. The van der Waals surface area contributed by atoms with Crippen LogP contribution in [-0.2, 0) is 24.3 Å². The normalized spacial score (nSPS) is 31.3. The molecule has 1 saturated carbocycles. The van der Waals surface area contributed by atoms with Crippen molar-refractivity contribution in [3.63, 3.8) is 0 Å². The minimum atomic E-state index is -3.29. The summed E-state index contributed by atoms with van der Waals surface area (Å²) in [7, 11) is -3.29. The van der Waals surface area contributed by atoms with E-state index in [0.29, 0.717) is 25.9 Å². The van der Waals surface area contributed by atoms with Gasteiger partial charge in [0, 0.05) is 38.3 Å². The largest absolute Gasteiger partial charge is 0.377 e. The molecule has 2 aliphatic heterocycles. The summed E-state index contributed by atoms with van der Waals surface area (Å²) < 4.78 is 37.9. The second-order valence-electron chi connectivity index (χ2n) is 8.38. The summed E-state index contributed by atoms with van der Waals surface area (Å²) in [6, 6.07) is -0.243. The summed E-state index contributed by atoms with van der Waals surface area (Å²) in [5.41, 5.74) is 0.0145. The highest BCUT2D eigenvalue weighted by Gasteiger charge is 2.42. The van der Waals surface area contributed by atoms with E-state index in [1.165, 1.54) is 6.26 Å². The smallest absolute Gasteiger partial charge is 0.225 e. The summed E-state index contributed by atoms with van der Waals surface area (Å²) in [4.78, 5) is 15.0. The van der Waals surface area contributed by atoms with E-state index in [-0.39, 0.29) is 29.6 Å². The van der Waals surface area contributed by atoms with Gasteiger partial charge in [-0.25, -0.2) is 13.1 Å². The number of nitrogens with zero attached hydrogens (tertiary/aromatic N) is 1. The van der Waals surface area contributed by atoms with Gasteiger partial charge in [-0.05, 0) is 51.4 Å². The Kier molecular flexibility index (Phi) is 6.82. The van der Waals surface area contributed by atoms with E-state index in [1.54, 1.807) is 0 Å². The molecule has 0 unspecified atom stereocenters. The topological polar surface area (TPSA) is 84.9 Å². The van der Waals surface area contributed by atoms with E-state index >= 15 is 0 Å². The highest BCUT2D eigenvalue weighted by Crippen LogP contribution is 2.37. The number of carbonyl (C=O) groups excluding carboxylic acids is 1. The van der Waals surface area contributed by atoms with Crippen molar-refractivity contribution in [2.45, 2.75) is 76.0 Å². The van der Waals surface area contributed by atoms with E-state index in [4.69, 9.17) is 9.47 Å². The maximum atomic E-state index is 13.1. The van der Waals surface area contributed by atoms with E-state index in [1.807, 2.05) is 11.8 Å². The Bertz CT molecular complexity index is 608. The van der Waals surface area contributed by atoms with Gasteiger partial charge in [0.1, 0.15) is 0 Å². The Balaban J connectivity index is 1.57. The zero-order valence-electron chi connectivity index (χ0n) is 16.6. The number of hydrogen-bond acceptors (Lipinski definition) is 5. The summed E-state index contributed by atoms with van der Waals surface area (Å²) in [5.74, 6) is 0.119. The van der Waals surface area contributed by atoms with Crippen LogP contribution in [-0.4, -0.2) is 69.5 Å². The zero-order chi connectivity index (χ0) is 19.5. The standard InChI is InChI=1S/C19H34N2O5S/c1-3-12-25-17-14-15(5-6-16(17)20-27(2,23)24)18(22)21-10-8-19(9-11-21)7-4-13-26-19/h15-17,20H,3-14H2,1-2H3/t15-,16-,17-/m0/s1. The van der Waals surface area contributed by atoms with Crippen LogP contribution >= 0.6 is 0 Å². The molecule has 0 bridgehead atoms. The number of hydrogen-bond donors (Lipinski definition) is 1. The minimum absolute atomic E-state index is 0.0145. The van der Waals surface area contributed by atoms with Crippen molar-refractivity contribution >= 4 is 15.9 Å². The second-order valence-corrected chi connectivity index (χ2v) is 10.2.